The van der Waals surface area contributed by atoms with Crippen molar-refractivity contribution in [1.82, 2.24) is 0 Å². The second kappa shape index (κ2) is 7.84. The van der Waals surface area contributed by atoms with Gasteiger partial charge in [0.05, 0.1) is 12.1 Å². The van der Waals surface area contributed by atoms with Crippen LogP contribution in [0.3, 0.4) is 0 Å². The highest BCUT2D eigenvalue weighted by atomic mass is 16.5. The minimum absolute atomic E-state index is 0.0976. The van der Waals surface area contributed by atoms with E-state index in [1.54, 1.807) is 30.4 Å². The summed E-state index contributed by atoms with van der Waals surface area (Å²) in [5, 5.41) is 14.0. The van der Waals surface area contributed by atoms with Gasteiger partial charge >= 0.3 is 0 Å². The molecule has 0 atom stereocenters. The first-order valence-corrected chi connectivity index (χ1v) is 9.30. The van der Waals surface area contributed by atoms with Crippen LogP contribution in [0.4, 0.5) is 5.69 Å². The van der Waals surface area contributed by atoms with E-state index < -0.39 is 11.7 Å². The number of hydrogen-bond acceptors (Lipinski definition) is 6. The lowest BCUT2D eigenvalue weighted by Crippen LogP contribution is -2.36. The van der Waals surface area contributed by atoms with E-state index in [4.69, 9.17) is 10.00 Å². The van der Waals surface area contributed by atoms with E-state index in [0.717, 1.165) is 21.7 Å². The lowest BCUT2D eigenvalue weighted by Gasteiger charge is -2.23. The third-order valence-electron chi connectivity index (χ3n) is 4.76. The normalized spacial score (nSPS) is 17.0. The maximum absolute atomic E-state index is 12.2. The lowest BCUT2D eigenvalue weighted by atomic mass is 9.93. The third kappa shape index (κ3) is 4.02. The van der Waals surface area contributed by atoms with Crippen molar-refractivity contribution in [3.8, 4) is 11.8 Å². The molecule has 0 saturated heterocycles. The lowest BCUT2D eigenvalue weighted by molar-refractivity contribution is -0.124. The standard InChI is InChI=1S/C22H21N3O4/c1-12(2)17-9-16(5-6-19(17)26)29-22-13(3)7-15(8-14(22)4)25-21(28)10-20(27)18(11-23)24-25/h5,7-9,12H,6,10H2,1-4H3. The highest BCUT2D eigenvalue weighted by Crippen LogP contribution is 2.33. The highest BCUT2D eigenvalue weighted by Gasteiger charge is 2.29. The van der Waals surface area contributed by atoms with Crippen molar-refractivity contribution >= 4 is 28.9 Å². The van der Waals surface area contributed by atoms with Gasteiger partial charge < -0.3 is 4.74 Å². The predicted molar refractivity (Wildman–Crippen MR) is 107 cm³/mol. The van der Waals surface area contributed by atoms with Crippen LogP contribution in [0.25, 0.3) is 0 Å². The van der Waals surface area contributed by atoms with Crippen molar-refractivity contribution < 1.29 is 19.1 Å². The van der Waals surface area contributed by atoms with Crippen molar-refractivity contribution in [2.24, 2.45) is 11.0 Å². The molecule has 1 amide bonds. The first kappa shape index (κ1) is 20.2. The van der Waals surface area contributed by atoms with Gasteiger partial charge in [0, 0.05) is 12.0 Å². The molecular formula is C22H21N3O4. The highest BCUT2D eigenvalue weighted by molar-refractivity contribution is 6.50. The van der Waals surface area contributed by atoms with Crippen molar-refractivity contribution in [3.05, 3.63) is 46.7 Å². The summed E-state index contributed by atoms with van der Waals surface area (Å²) in [5.74, 6) is 0.378. The van der Waals surface area contributed by atoms with E-state index in [9.17, 15) is 14.4 Å². The zero-order chi connectivity index (χ0) is 21.3. The molecule has 0 aromatic heterocycles. The number of ketones is 2. The van der Waals surface area contributed by atoms with Crippen LogP contribution in [0, 0.1) is 31.1 Å². The Kier molecular flexibility index (Phi) is 5.46. The Hall–Kier alpha value is -3.53. The number of anilines is 1. The van der Waals surface area contributed by atoms with Gasteiger partial charge in [0.15, 0.2) is 5.78 Å². The molecule has 148 valence electrons. The van der Waals surface area contributed by atoms with E-state index in [1.165, 1.54) is 0 Å². The van der Waals surface area contributed by atoms with E-state index in [-0.39, 0.29) is 23.8 Å². The molecule has 1 heterocycles. The number of nitriles is 1. The molecule has 1 aromatic carbocycles. The Morgan fingerprint density at radius 2 is 1.79 bits per heavy atom. The number of ether oxygens (including phenoxy) is 1. The first-order valence-electron chi connectivity index (χ1n) is 9.30. The van der Waals surface area contributed by atoms with Crippen molar-refractivity contribution in [2.45, 2.75) is 40.5 Å². The smallest absolute Gasteiger partial charge is 0.255 e. The van der Waals surface area contributed by atoms with Crippen LogP contribution in [-0.4, -0.2) is 23.2 Å². The summed E-state index contributed by atoms with van der Waals surface area (Å²) in [6, 6.07) is 5.16. The molecular weight excluding hydrogens is 370 g/mol. The number of aryl methyl sites for hydroxylation is 2. The number of amides is 1. The van der Waals surface area contributed by atoms with E-state index in [0.29, 0.717) is 23.6 Å². The van der Waals surface area contributed by atoms with Crippen molar-refractivity contribution in [2.75, 3.05) is 5.01 Å². The predicted octanol–water partition coefficient (Wildman–Crippen LogP) is 3.31. The molecule has 29 heavy (non-hydrogen) atoms. The van der Waals surface area contributed by atoms with Gasteiger partial charge in [-0.05, 0) is 55.2 Å². The minimum atomic E-state index is -0.575. The fraction of sp³-hybridized carbons (Fsp3) is 0.318. The largest absolute Gasteiger partial charge is 0.457 e. The molecule has 0 bridgehead atoms. The fourth-order valence-electron chi connectivity index (χ4n) is 3.29. The average Bonchev–Trinajstić information content (AvgIpc) is 2.65. The molecule has 3 rings (SSSR count). The Morgan fingerprint density at radius 1 is 1.14 bits per heavy atom. The van der Waals surface area contributed by atoms with Crippen LogP contribution in [0.5, 0.6) is 5.75 Å². The van der Waals surface area contributed by atoms with Crippen molar-refractivity contribution in [1.29, 1.82) is 5.26 Å². The molecule has 0 saturated carbocycles. The molecule has 0 unspecified atom stereocenters. The summed E-state index contributed by atoms with van der Waals surface area (Å²) in [6.45, 7) is 7.60. The summed E-state index contributed by atoms with van der Waals surface area (Å²) >= 11 is 0. The van der Waals surface area contributed by atoms with E-state index in [2.05, 4.69) is 5.10 Å². The second-order valence-corrected chi connectivity index (χ2v) is 7.36. The van der Waals surface area contributed by atoms with E-state index >= 15 is 0 Å². The molecule has 1 aliphatic carbocycles. The zero-order valence-corrected chi connectivity index (χ0v) is 16.8. The Balaban J connectivity index is 1.92. The van der Waals surface area contributed by atoms with Gasteiger partial charge in [-0.3, -0.25) is 14.4 Å². The van der Waals surface area contributed by atoms with Gasteiger partial charge in [-0.2, -0.15) is 15.4 Å². The van der Waals surface area contributed by atoms with Gasteiger partial charge in [-0.1, -0.05) is 13.8 Å². The monoisotopic (exact) mass is 391 g/mol. The maximum atomic E-state index is 12.2. The fourth-order valence-corrected chi connectivity index (χ4v) is 3.29. The molecule has 0 fully saturated rings. The van der Waals surface area contributed by atoms with Crippen LogP contribution in [0.1, 0.15) is 37.8 Å². The summed E-state index contributed by atoms with van der Waals surface area (Å²) in [7, 11) is 0. The third-order valence-corrected chi connectivity index (χ3v) is 4.76. The summed E-state index contributed by atoms with van der Waals surface area (Å²) < 4.78 is 6.06. The maximum Gasteiger partial charge on any atom is 0.255 e. The molecule has 1 aliphatic heterocycles. The number of carbonyl (C=O) groups is 3. The quantitative estimate of drug-likeness (QED) is 0.733. The topological polar surface area (TPSA) is 99.8 Å². The molecule has 0 radical (unpaired) electrons. The molecule has 7 nitrogen and oxygen atoms in total. The number of hydrogen-bond donors (Lipinski definition) is 0. The minimum Gasteiger partial charge on any atom is -0.457 e. The number of benzene rings is 1. The van der Waals surface area contributed by atoms with Crippen LogP contribution in [0.2, 0.25) is 0 Å². The number of rotatable bonds is 4. The first-order chi connectivity index (χ1) is 13.7. The Labute approximate surface area is 168 Å². The van der Waals surface area contributed by atoms with Crippen LogP contribution >= 0.6 is 0 Å². The van der Waals surface area contributed by atoms with Gasteiger partial charge in [-0.25, -0.2) is 0 Å². The summed E-state index contributed by atoms with van der Waals surface area (Å²) in [6.07, 6.45) is 3.45. The average molecular weight is 391 g/mol. The Bertz CT molecular complexity index is 1030. The van der Waals surface area contributed by atoms with E-state index in [1.807, 2.05) is 27.7 Å². The molecule has 7 heteroatoms. The summed E-state index contributed by atoms with van der Waals surface area (Å²) in [4.78, 5) is 35.9. The number of Topliss-reactive ketones (excluding diaryl/α,β-unsaturated/α-hetero) is 2. The van der Waals surface area contributed by atoms with Gasteiger partial charge in [0.2, 0.25) is 11.5 Å². The second-order valence-electron chi connectivity index (χ2n) is 7.36. The van der Waals surface area contributed by atoms with Gasteiger partial charge in [-0.15, -0.1) is 0 Å². The number of allylic oxidation sites excluding steroid dienone is 3. The molecule has 0 N–H and O–H groups in total. The number of hydrazone groups is 1. The van der Waals surface area contributed by atoms with Crippen molar-refractivity contribution in [3.63, 3.8) is 0 Å². The Morgan fingerprint density at radius 3 is 2.38 bits per heavy atom. The molecule has 2 aliphatic rings. The SMILES string of the molecule is Cc1cc(N2N=C(C#N)C(=O)CC2=O)cc(C)c1OC1=CCC(=O)C(C(C)C)=C1. The van der Waals surface area contributed by atoms with Crippen LogP contribution in [0.15, 0.2) is 40.7 Å². The number of nitrogens with zero attached hydrogens (tertiary/aromatic N) is 3. The number of carbonyl (C=O) groups excluding carboxylic acids is 3. The van der Waals surface area contributed by atoms with Gasteiger partial charge in [0.1, 0.15) is 17.6 Å². The van der Waals surface area contributed by atoms with Crippen LogP contribution in [-0.2, 0) is 14.4 Å². The van der Waals surface area contributed by atoms with Crippen LogP contribution < -0.4 is 9.75 Å². The molecule has 0 spiro atoms. The summed E-state index contributed by atoms with van der Waals surface area (Å²) in [5.41, 5.74) is 2.43. The molecule has 1 aromatic rings. The zero-order valence-electron chi connectivity index (χ0n) is 16.8. The van der Waals surface area contributed by atoms with Gasteiger partial charge in [0.25, 0.3) is 5.91 Å².